The van der Waals surface area contributed by atoms with Crippen LogP contribution in [0.5, 0.6) is 0 Å². The van der Waals surface area contributed by atoms with Crippen LogP contribution in [0.2, 0.25) is 0 Å². The number of esters is 1. The van der Waals surface area contributed by atoms with Crippen molar-refractivity contribution in [3.05, 3.63) is 0 Å². The number of hydrogen-bond acceptors (Lipinski definition) is 6. The van der Waals surface area contributed by atoms with Gasteiger partial charge < -0.3 is 20.1 Å². The molecule has 3 fully saturated rings. The molecule has 23 heavy (non-hydrogen) atoms. The fraction of sp³-hybridized carbons (Fsp3) is 0.882. The number of Topliss-reactive ketones (excluding diaryl/α,β-unsaturated/α-hetero) is 1. The molecule has 0 bridgehead atoms. The Morgan fingerprint density at radius 3 is 2.30 bits per heavy atom. The maximum atomic E-state index is 13.1. The number of carbonyl (C=O) groups is 2. The lowest BCUT2D eigenvalue weighted by molar-refractivity contribution is -0.227. The lowest BCUT2D eigenvalue weighted by atomic mass is 9.49. The van der Waals surface area contributed by atoms with Crippen molar-refractivity contribution in [2.24, 2.45) is 28.6 Å². The zero-order valence-electron chi connectivity index (χ0n) is 14.2. The molecule has 0 aromatic carbocycles. The third-order valence-corrected chi connectivity index (χ3v) is 7.03. The fourth-order valence-electron chi connectivity index (χ4n) is 5.70. The zero-order chi connectivity index (χ0) is 17.5. The van der Waals surface area contributed by atoms with Crippen LogP contribution in [0.15, 0.2) is 0 Å². The van der Waals surface area contributed by atoms with E-state index in [9.17, 15) is 24.9 Å². The van der Waals surface area contributed by atoms with Crippen molar-refractivity contribution in [1.82, 2.24) is 0 Å². The van der Waals surface area contributed by atoms with Gasteiger partial charge in [-0.2, -0.15) is 0 Å². The quantitative estimate of drug-likeness (QED) is 0.598. The average Bonchev–Trinajstić information content (AvgIpc) is 2.59. The Kier molecular flexibility index (Phi) is 3.34. The Hall–Kier alpha value is -0.980. The van der Waals surface area contributed by atoms with Crippen LogP contribution in [0.4, 0.5) is 0 Å². The maximum absolute atomic E-state index is 13.1. The highest BCUT2D eigenvalue weighted by Gasteiger charge is 2.80. The van der Waals surface area contributed by atoms with Gasteiger partial charge in [0, 0.05) is 12.8 Å². The number of hydrogen-bond donors (Lipinski definition) is 3. The van der Waals surface area contributed by atoms with E-state index in [2.05, 4.69) is 0 Å². The largest absolute Gasteiger partial charge is 0.452 e. The molecule has 3 aliphatic rings. The first-order chi connectivity index (χ1) is 10.4. The monoisotopic (exact) mass is 326 g/mol. The van der Waals surface area contributed by atoms with E-state index in [1.807, 2.05) is 13.8 Å². The van der Waals surface area contributed by atoms with E-state index in [1.54, 1.807) is 13.8 Å². The molecule has 0 radical (unpaired) electrons. The van der Waals surface area contributed by atoms with Gasteiger partial charge in [-0.05, 0) is 30.6 Å². The molecule has 3 aliphatic carbocycles. The maximum Gasteiger partial charge on any atom is 0.303 e. The van der Waals surface area contributed by atoms with E-state index in [0.29, 0.717) is 6.42 Å². The lowest BCUT2D eigenvalue weighted by Crippen LogP contribution is -2.70. The first-order valence-electron chi connectivity index (χ1n) is 8.20. The van der Waals surface area contributed by atoms with Gasteiger partial charge in [-0.1, -0.05) is 20.8 Å². The first kappa shape index (κ1) is 16.9. The summed E-state index contributed by atoms with van der Waals surface area (Å²) in [5, 5.41) is 32.6. The van der Waals surface area contributed by atoms with Crippen molar-refractivity contribution >= 4 is 11.8 Å². The van der Waals surface area contributed by atoms with Gasteiger partial charge in [-0.15, -0.1) is 0 Å². The molecule has 0 saturated heterocycles. The molecule has 3 saturated carbocycles. The van der Waals surface area contributed by atoms with Crippen molar-refractivity contribution < 1.29 is 29.6 Å². The Morgan fingerprint density at radius 1 is 1.26 bits per heavy atom. The van der Waals surface area contributed by atoms with Gasteiger partial charge in [0.1, 0.15) is 11.7 Å². The van der Waals surface area contributed by atoms with Crippen LogP contribution in [-0.2, 0) is 14.3 Å². The summed E-state index contributed by atoms with van der Waals surface area (Å²) < 4.78 is 5.07. The van der Waals surface area contributed by atoms with Crippen molar-refractivity contribution in [2.75, 3.05) is 0 Å². The minimum absolute atomic E-state index is 0.179. The topological polar surface area (TPSA) is 104 Å². The molecule has 0 aromatic heterocycles. The molecule has 8 atom stereocenters. The van der Waals surface area contributed by atoms with E-state index in [1.165, 1.54) is 6.92 Å². The highest BCUT2D eigenvalue weighted by molar-refractivity contribution is 5.94. The van der Waals surface area contributed by atoms with Crippen LogP contribution in [0.3, 0.4) is 0 Å². The second kappa shape index (κ2) is 4.55. The van der Waals surface area contributed by atoms with E-state index in [-0.39, 0.29) is 17.3 Å². The van der Waals surface area contributed by atoms with Crippen molar-refractivity contribution in [2.45, 2.75) is 65.0 Å². The highest BCUT2D eigenvalue weighted by atomic mass is 16.6. The molecular weight excluding hydrogens is 300 g/mol. The van der Waals surface area contributed by atoms with Crippen LogP contribution in [0.1, 0.15) is 41.0 Å². The Bertz CT molecular complexity index is 571. The van der Waals surface area contributed by atoms with E-state index in [4.69, 9.17) is 4.74 Å². The summed E-state index contributed by atoms with van der Waals surface area (Å²) in [5.41, 5.74) is -3.13. The number of ketones is 1. The summed E-state index contributed by atoms with van der Waals surface area (Å²) in [6, 6.07) is 0. The summed E-state index contributed by atoms with van der Waals surface area (Å²) >= 11 is 0. The predicted molar refractivity (Wildman–Crippen MR) is 80.2 cm³/mol. The van der Waals surface area contributed by atoms with Gasteiger partial charge in [-0.25, -0.2) is 0 Å². The minimum atomic E-state index is -1.72. The smallest absolute Gasteiger partial charge is 0.303 e. The summed E-state index contributed by atoms with van der Waals surface area (Å²) in [4.78, 5) is 24.4. The van der Waals surface area contributed by atoms with E-state index < -0.39 is 47.0 Å². The summed E-state index contributed by atoms with van der Waals surface area (Å²) in [6.07, 6.45) is -3.01. The SMILES string of the molecule is CC(=O)OC1C(=O)C2(C)C3CC(C)(C)C3C(O)C2(O)C(C)C1O. The molecule has 3 N–H and O–H groups in total. The number of aliphatic hydroxyl groups is 3. The normalized spacial score (nSPS) is 54.0. The number of ether oxygens (including phenoxy) is 1. The van der Waals surface area contributed by atoms with Crippen LogP contribution in [0, 0.1) is 28.6 Å². The third-order valence-electron chi connectivity index (χ3n) is 7.03. The zero-order valence-corrected chi connectivity index (χ0v) is 14.2. The molecule has 0 heterocycles. The molecule has 6 heteroatoms. The molecule has 0 aromatic rings. The van der Waals surface area contributed by atoms with Crippen molar-refractivity contribution in [3.8, 4) is 0 Å². The van der Waals surface area contributed by atoms with Crippen LogP contribution in [0.25, 0.3) is 0 Å². The molecule has 6 nitrogen and oxygen atoms in total. The third kappa shape index (κ3) is 1.69. The van der Waals surface area contributed by atoms with Gasteiger partial charge in [-0.3, -0.25) is 9.59 Å². The van der Waals surface area contributed by atoms with Gasteiger partial charge in [0.2, 0.25) is 0 Å². The van der Waals surface area contributed by atoms with Gasteiger partial charge in [0.15, 0.2) is 11.9 Å². The minimum Gasteiger partial charge on any atom is -0.452 e. The molecule has 0 amide bonds. The Labute approximate surface area is 135 Å². The number of rotatable bonds is 1. The summed E-state index contributed by atoms with van der Waals surface area (Å²) in [7, 11) is 0. The molecule has 3 rings (SSSR count). The van der Waals surface area contributed by atoms with Crippen molar-refractivity contribution in [3.63, 3.8) is 0 Å². The number of carbonyl (C=O) groups excluding carboxylic acids is 2. The fourth-order valence-corrected chi connectivity index (χ4v) is 5.70. The summed E-state index contributed by atoms with van der Waals surface area (Å²) in [5.74, 6) is -2.31. The van der Waals surface area contributed by atoms with Crippen LogP contribution in [-0.4, -0.2) is 51.0 Å². The van der Waals surface area contributed by atoms with Crippen LogP contribution < -0.4 is 0 Å². The number of fused-ring (bicyclic) bond motifs is 3. The lowest BCUT2D eigenvalue weighted by Gasteiger charge is -2.55. The molecule has 130 valence electrons. The molecule has 0 aliphatic heterocycles. The molecular formula is C17H26O6. The highest BCUT2D eigenvalue weighted by Crippen LogP contribution is 2.72. The van der Waals surface area contributed by atoms with Gasteiger partial charge >= 0.3 is 5.97 Å². The molecule has 8 unspecified atom stereocenters. The second-order valence-corrected chi connectivity index (χ2v) is 8.47. The summed E-state index contributed by atoms with van der Waals surface area (Å²) in [6.45, 7) is 8.46. The molecule has 0 spiro atoms. The Balaban J connectivity index is 2.10. The number of aliphatic hydroxyl groups excluding tert-OH is 2. The Morgan fingerprint density at radius 2 is 1.83 bits per heavy atom. The van der Waals surface area contributed by atoms with Gasteiger partial charge in [0.05, 0.1) is 11.5 Å². The second-order valence-electron chi connectivity index (χ2n) is 8.47. The van der Waals surface area contributed by atoms with E-state index >= 15 is 0 Å². The predicted octanol–water partition coefficient (Wildman–Crippen LogP) is 0.272. The van der Waals surface area contributed by atoms with E-state index in [0.717, 1.165) is 0 Å². The van der Waals surface area contributed by atoms with Crippen molar-refractivity contribution in [1.29, 1.82) is 0 Å². The average molecular weight is 326 g/mol. The first-order valence-corrected chi connectivity index (χ1v) is 8.20. The van der Waals surface area contributed by atoms with Crippen LogP contribution >= 0.6 is 0 Å². The standard InChI is InChI=1S/C17H26O6/c1-7-11(19)12(23-8(2)18)14(21)16(5)9-6-15(3,4)10(9)13(20)17(7,16)22/h7,9-13,19-20,22H,6H2,1-5H3. The van der Waals surface area contributed by atoms with Gasteiger partial charge in [0.25, 0.3) is 0 Å².